The molecule has 0 spiro atoms. The van der Waals surface area contributed by atoms with Gasteiger partial charge in [-0.15, -0.1) is 0 Å². The van der Waals surface area contributed by atoms with Crippen molar-refractivity contribution in [3.8, 4) is 0 Å². The Morgan fingerprint density at radius 2 is 1.92 bits per heavy atom. The summed E-state index contributed by atoms with van der Waals surface area (Å²) in [5.41, 5.74) is 7.37. The number of hydrogen-bond acceptors (Lipinski definition) is 5. The Kier molecular flexibility index (Phi) is 8.31. The Morgan fingerprint density at radius 1 is 1.18 bits per heavy atom. The van der Waals surface area contributed by atoms with Gasteiger partial charge in [0.25, 0.3) is 0 Å². The number of benzene rings is 1. The summed E-state index contributed by atoms with van der Waals surface area (Å²) in [6.45, 7) is 5.39. The SMILES string of the molecule is CN(C)C1CC=C(c2ccc(C[C@H](CC(=O)[C@@H]3[C@H]4CC[C@H](C4)N3C(=O)OC(C)(C)C)C(N)=O)c(F)c2)CC1. The van der Waals surface area contributed by atoms with Crippen LogP contribution in [0.1, 0.15) is 76.8 Å². The van der Waals surface area contributed by atoms with Crippen molar-refractivity contribution in [2.75, 3.05) is 14.1 Å². The average Bonchev–Trinajstić information content (AvgIpc) is 3.45. The van der Waals surface area contributed by atoms with Crippen molar-refractivity contribution in [2.24, 2.45) is 17.6 Å². The number of carbonyl (C=O) groups is 3. The van der Waals surface area contributed by atoms with E-state index in [-0.39, 0.29) is 30.6 Å². The van der Waals surface area contributed by atoms with Gasteiger partial charge in [-0.1, -0.05) is 18.2 Å². The monoisotopic (exact) mass is 527 g/mol. The molecule has 38 heavy (non-hydrogen) atoms. The van der Waals surface area contributed by atoms with E-state index >= 15 is 4.39 Å². The van der Waals surface area contributed by atoms with Crippen molar-refractivity contribution in [1.29, 1.82) is 0 Å². The number of piperidine rings is 1. The fraction of sp³-hybridized carbons (Fsp3) is 0.633. The van der Waals surface area contributed by atoms with Gasteiger partial charge in [0, 0.05) is 24.4 Å². The minimum atomic E-state index is -0.850. The summed E-state index contributed by atoms with van der Waals surface area (Å²) in [5.74, 6) is -2.03. The number of likely N-dealkylation sites (tertiary alicyclic amines) is 1. The van der Waals surface area contributed by atoms with Crippen LogP contribution in [0.5, 0.6) is 0 Å². The van der Waals surface area contributed by atoms with Gasteiger partial charge < -0.3 is 15.4 Å². The van der Waals surface area contributed by atoms with Gasteiger partial charge in [-0.2, -0.15) is 0 Å². The number of hydrogen-bond donors (Lipinski definition) is 1. The van der Waals surface area contributed by atoms with Crippen LogP contribution in [-0.4, -0.2) is 65.4 Å². The van der Waals surface area contributed by atoms with E-state index in [1.807, 2.05) is 6.07 Å². The molecular weight excluding hydrogens is 485 g/mol. The first-order chi connectivity index (χ1) is 17.8. The molecule has 0 radical (unpaired) electrons. The molecular formula is C30H42FN3O4. The molecule has 0 aromatic heterocycles. The van der Waals surface area contributed by atoms with E-state index in [0.29, 0.717) is 11.6 Å². The minimum Gasteiger partial charge on any atom is -0.444 e. The molecule has 1 unspecified atom stereocenters. The maximum atomic E-state index is 15.2. The van der Waals surface area contributed by atoms with E-state index in [4.69, 9.17) is 10.5 Å². The smallest absolute Gasteiger partial charge is 0.411 e. The molecule has 7 nitrogen and oxygen atoms in total. The number of Topliss-reactive ketones (excluding diaryl/α,β-unsaturated/α-hetero) is 1. The lowest BCUT2D eigenvalue weighted by Crippen LogP contribution is -2.51. The Morgan fingerprint density at radius 3 is 2.50 bits per heavy atom. The lowest BCUT2D eigenvalue weighted by Gasteiger charge is -2.36. The molecule has 1 aromatic carbocycles. The second-order valence-electron chi connectivity index (χ2n) is 12.5. The van der Waals surface area contributed by atoms with E-state index in [2.05, 4.69) is 25.1 Å². The van der Waals surface area contributed by atoms with E-state index < -0.39 is 35.4 Å². The van der Waals surface area contributed by atoms with Crippen LogP contribution in [0, 0.1) is 17.7 Å². The Hall–Kier alpha value is -2.74. The maximum absolute atomic E-state index is 15.2. The fourth-order valence-electron chi connectivity index (χ4n) is 6.35. The first kappa shape index (κ1) is 28.3. The summed E-state index contributed by atoms with van der Waals surface area (Å²) < 4.78 is 20.8. The molecule has 3 aliphatic rings. The molecule has 208 valence electrons. The van der Waals surface area contributed by atoms with Crippen LogP contribution in [0.3, 0.4) is 0 Å². The number of halogens is 1. The molecule has 1 heterocycles. The van der Waals surface area contributed by atoms with E-state index in [0.717, 1.165) is 49.7 Å². The molecule has 2 aliphatic carbocycles. The molecule has 5 atom stereocenters. The highest BCUT2D eigenvalue weighted by Gasteiger charge is 2.52. The van der Waals surface area contributed by atoms with Crippen molar-refractivity contribution in [1.82, 2.24) is 9.80 Å². The molecule has 2 N–H and O–H groups in total. The van der Waals surface area contributed by atoms with Gasteiger partial charge in [-0.25, -0.2) is 9.18 Å². The summed E-state index contributed by atoms with van der Waals surface area (Å²) in [5, 5.41) is 0. The number of fused-ring (bicyclic) bond motifs is 2. The lowest BCUT2D eigenvalue weighted by molar-refractivity contribution is -0.131. The number of allylic oxidation sites excluding steroid dienone is 1. The molecule has 2 amide bonds. The standard InChI is InChI=1S/C30H42FN3O4/c1-30(2,3)38-29(37)34-24-13-10-21(15-24)27(34)26(35)17-22(28(32)36)14-20-7-6-19(16-25(20)31)18-8-11-23(12-9-18)33(4)5/h6-8,16,21-24,27H,9-15,17H2,1-5H3,(H2,32,36)/t21-,22+,23?,24+,27-/m0/s1. The maximum Gasteiger partial charge on any atom is 0.411 e. The van der Waals surface area contributed by atoms with Gasteiger partial charge in [0.15, 0.2) is 5.78 Å². The van der Waals surface area contributed by atoms with E-state index in [9.17, 15) is 14.4 Å². The van der Waals surface area contributed by atoms with Gasteiger partial charge in [-0.05, 0) is 108 Å². The number of nitrogens with zero attached hydrogens (tertiary/aromatic N) is 2. The van der Waals surface area contributed by atoms with E-state index in [1.54, 1.807) is 31.7 Å². The quantitative estimate of drug-likeness (QED) is 0.528. The van der Waals surface area contributed by atoms with Gasteiger partial charge in [0.05, 0.1) is 6.04 Å². The fourth-order valence-corrected chi connectivity index (χ4v) is 6.35. The zero-order chi connectivity index (χ0) is 27.8. The van der Waals surface area contributed by atoms with E-state index in [1.165, 1.54) is 6.07 Å². The third-order valence-corrected chi connectivity index (χ3v) is 8.37. The summed E-state index contributed by atoms with van der Waals surface area (Å²) in [6.07, 6.45) is 6.92. The largest absolute Gasteiger partial charge is 0.444 e. The van der Waals surface area contributed by atoms with Crippen LogP contribution in [0.2, 0.25) is 0 Å². The normalized spacial score (nSPS) is 25.9. The number of ether oxygens (including phenoxy) is 1. The number of carbonyl (C=O) groups excluding carboxylic acids is 3. The van der Waals surface area contributed by atoms with Crippen LogP contribution < -0.4 is 5.73 Å². The molecule has 2 fully saturated rings. The topological polar surface area (TPSA) is 92.9 Å². The second kappa shape index (κ2) is 11.2. The number of ketones is 1. The lowest BCUT2D eigenvalue weighted by atomic mass is 9.86. The molecule has 1 saturated carbocycles. The van der Waals surface area contributed by atoms with Crippen molar-refractivity contribution in [2.45, 2.75) is 95.9 Å². The summed E-state index contributed by atoms with van der Waals surface area (Å²) in [6, 6.07) is 4.97. The third kappa shape index (κ3) is 6.28. The van der Waals surface area contributed by atoms with Crippen molar-refractivity contribution < 1.29 is 23.5 Å². The third-order valence-electron chi connectivity index (χ3n) is 8.37. The predicted octanol–water partition coefficient (Wildman–Crippen LogP) is 4.71. The predicted molar refractivity (Wildman–Crippen MR) is 145 cm³/mol. The van der Waals surface area contributed by atoms with Gasteiger partial charge >= 0.3 is 6.09 Å². The highest BCUT2D eigenvalue weighted by atomic mass is 19.1. The van der Waals surface area contributed by atoms with Crippen LogP contribution in [-0.2, 0) is 20.7 Å². The molecule has 2 bridgehead atoms. The summed E-state index contributed by atoms with van der Waals surface area (Å²) in [7, 11) is 4.15. The number of nitrogens with two attached hydrogens (primary N) is 1. The Balaban J connectivity index is 1.45. The molecule has 4 rings (SSSR count). The summed E-state index contributed by atoms with van der Waals surface area (Å²) >= 11 is 0. The summed E-state index contributed by atoms with van der Waals surface area (Å²) in [4.78, 5) is 42.6. The average molecular weight is 528 g/mol. The molecule has 8 heteroatoms. The number of amides is 2. The Labute approximate surface area is 225 Å². The van der Waals surface area contributed by atoms with Crippen LogP contribution in [0.25, 0.3) is 5.57 Å². The Bertz CT molecular complexity index is 1110. The number of primary amides is 1. The van der Waals surface area contributed by atoms with Crippen LogP contribution in [0.4, 0.5) is 9.18 Å². The van der Waals surface area contributed by atoms with Crippen LogP contribution >= 0.6 is 0 Å². The zero-order valence-electron chi connectivity index (χ0n) is 23.3. The highest BCUT2D eigenvalue weighted by Crippen LogP contribution is 2.44. The first-order valence-electron chi connectivity index (χ1n) is 13.8. The molecule has 1 aromatic rings. The van der Waals surface area contributed by atoms with Crippen molar-refractivity contribution in [3.63, 3.8) is 0 Å². The van der Waals surface area contributed by atoms with Crippen molar-refractivity contribution in [3.05, 3.63) is 41.2 Å². The molecule has 1 aliphatic heterocycles. The van der Waals surface area contributed by atoms with Gasteiger partial charge in [0.1, 0.15) is 11.4 Å². The zero-order valence-corrected chi connectivity index (χ0v) is 23.3. The van der Waals surface area contributed by atoms with Crippen LogP contribution in [0.15, 0.2) is 24.3 Å². The van der Waals surface area contributed by atoms with Gasteiger partial charge in [0.2, 0.25) is 5.91 Å². The van der Waals surface area contributed by atoms with Gasteiger partial charge in [-0.3, -0.25) is 14.5 Å². The molecule has 1 saturated heterocycles. The first-order valence-corrected chi connectivity index (χ1v) is 13.8. The second-order valence-corrected chi connectivity index (χ2v) is 12.5. The minimum absolute atomic E-state index is 0.0251. The highest BCUT2D eigenvalue weighted by molar-refractivity contribution is 5.92. The van der Waals surface area contributed by atoms with Crippen molar-refractivity contribution >= 4 is 23.4 Å². The number of rotatable bonds is 8.